The van der Waals surface area contributed by atoms with Crippen LogP contribution >= 0.6 is 0 Å². The Morgan fingerprint density at radius 1 is 1.36 bits per heavy atom. The standard InChI is InChI=1S/C11H22/c1-5-6-7-11(4)9-8-10(2)3/h9-10H,5-8H2,1-4H3/b11-9+. The third-order valence-corrected chi connectivity index (χ3v) is 1.86. The van der Waals surface area contributed by atoms with E-state index in [1.165, 1.54) is 25.7 Å². The molecule has 0 aliphatic rings. The summed E-state index contributed by atoms with van der Waals surface area (Å²) in [4.78, 5) is 0. The lowest BCUT2D eigenvalue weighted by atomic mass is 10.1. The molecule has 0 N–H and O–H groups in total. The number of unbranched alkanes of at least 4 members (excludes halogenated alkanes) is 1. The summed E-state index contributed by atoms with van der Waals surface area (Å²) in [6, 6.07) is 0. The van der Waals surface area contributed by atoms with Crippen LogP contribution in [0.25, 0.3) is 0 Å². The van der Waals surface area contributed by atoms with Crippen LogP contribution in [0.1, 0.15) is 53.4 Å². The van der Waals surface area contributed by atoms with E-state index in [0.717, 1.165) is 5.92 Å². The van der Waals surface area contributed by atoms with Crippen molar-refractivity contribution in [2.45, 2.75) is 53.4 Å². The minimum Gasteiger partial charge on any atom is -0.0854 e. The van der Waals surface area contributed by atoms with E-state index in [9.17, 15) is 0 Å². The Bertz CT molecular complexity index is 109. The Hall–Kier alpha value is -0.260. The minimum absolute atomic E-state index is 0.812. The fourth-order valence-electron chi connectivity index (χ4n) is 0.995. The van der Waals surface area contributed by atoms with Gasteiger partial charge in [0.2, 0.25) is 0 Å². The molecule has 0 saturated carbocycles. The van der Waals surface area contributed by atoms with Crippen molar-refractivity contribution in [1.29, 1.82) is 0 Å². The lowest BCUT2D eigenvalue weighted by Crippen LogP contribution is -1.84. The molecule has 0 heterocycles. The van der Waals surface area contributed by atoms with E-state index < -0.39 is 0 Å². The van der Waals surface area contributed by atoms with E-state index in [-0.39, 0.29) is 0 Å². The van der Waals surface area contributed by atoms with Crippen LogP contribution in [0.5, 0.6) is 0 Å². The fourth-order valence-corrected chi connectivity index (χ4v) is 0.995. The zero-order valence-corrected chi connectivity index (χ0v) is 8.48. The van der Waals surface area contributed by atoms with Gasteiger partial charge in [0.1, 0.15) is 0 Å². The van der Waals surface area contributed by atoms with E-state index in [2.05, 4.69) is 33.8 Å². The highest BCUT2D eigenvalue weighted by molar-refractivity contribution is 4.97. The number of hydrogen-bond acceptors (Lipinski definition) is 0. The van der Waals surface area contributed by atoms with Gasteiger partial charge in [0.05, 0.1) is 0 Å². The largest absolute Gasteiger partial charge is 0.0854 e. The quantitative estimate of drug-likeness (QED) is 0.521. The lowest BCUT2D eigenvalue weighted by molar-refractivity contribution is 0.657. The molecule has 0 nitrogen and oxygen atoms in total. The predicted molar refractivity (Wildman–Crippen MR) is 52.7 cm³/mol. The van der Waals surface area contributed by atoms with Gasteiger partial charge in [-0.1, -0.05) is 38.8 Å². The van der Waals surface area contributed by atoms with Gasteiger partial charge in [0.15, 0.2) is 0 Å². The second-order valence-electron chi connectivity index (χ2n) is 3.78. The molecule has 0 radical (unpaired) electrons. The van der Waals surface area contributed by atoms with Gasteiger partial charge in [0, 0.05) is 0 Å². The van der Waals surface area contributed by atoms with Crippen LogP contribution in [0, 0.1) is 5.92 Å². The van der Waals surface area contributed by atoms with Crippen molar-refractivity contribution in [2.75, 3.05) is 0 Å². The van der Waals surface area contributed by atoms with Gasteiger partial charge in [-0.2, -0.15) is 0 Å². The van der Waals surface area contributed by atoms with Gasteiger partial charge in [-0.3, -0.25) is 0 Å². The zero-order chi connectivity index (χ0) is 8.69. The van der Waals surface area contributed by atoms with Crippen LogP contribution < -0.4 is 0 Å². The molecule has 0 atom stereocenters. The molecule has 0 aliphatic carbocycles. The Labute approximate surface area is 71.7 Å². The monoisotopic (exact) mass is 154 g/mol. The van der Waals surface area contributed by atoms with E-state index in [1.807, 2.05) is 0 Å². The van der Waals surface area contributed by atoms with Crippen molar-refractivity contribution in [1.82, 2.24) is 0 Å². The van der Waals surface area contributed by atoms with Crippen molar-refractivity contribution < 1.29 is 0 Å². The Balaban J connectivity index is 3.46. The maximum Gasteiger partial charge on any atom is -0.0323 e. The zero-order valence-electron chi connectivity index (χ0n) is 8.48. The molecule has 66 valence electrons. The first-order valence-electron chi connectivity index (χ1n) is 4.82. The molecule has 11 heavy (non-hydrogen) atoms. The van der Waals surface area contributed by atoms with E-state index in [0.29, 0.717) is 0 Å². The van der Waals surface area contributed by atoms with Crippen LogP contribution in [0.3, 0.4) is 0 Å². The maximum atomic E-state index is 2.39. The smallest absolute Gasteiger partial charge is 0.0323 e. The third kappa shape index (κ3) is 7.64. The van der Waals surface area contributed by atoms with Gasteiger partial charge in [0.25, 0.3) is 0 Å². The van der Waals surface area contributed by atoms with Crippen molar-refractivity contribution in [3.63, 3.8) is 0 Å². The van der Waals surface area contributed by atoms with Crippen LogP contribution in [0.2, 0.25) is 0 Å². The van der Waals surface area contributed by atoms with Gasteiger partial charge in [-0.05, 0) is 32.1 Å². The molecule has 0 amide bonds. The summed E-state index contributed by atoms with van der Waals surface area (Å²) in [6.07, 6.45) is 7.59. The summed E-state index contributed by atoms with van der Waals surface area (Å²) in [5.41, 5.74) is 1.57. The highest BCUT2D eigenvalue weighted by atomic mass is 14.0. The first-order valence-corrected chi connectivity index (χ1v) is 4.82. The number of allylic oxidation sites excluding steroid dienone is 2. The summed E-state index contributed by atoms with van der Waals surface area (Å²) in [5.74, 6) is 0.812. The van der Waals surface area contributed by atoms with Gasteiger partial charge >= 0.3 is 0 Å². The molecule has 0 bridgehead atoms. The predicted octanol–water partition coefficient (Wildman–Crippen LogP) is 4.17. The molecule has 0 saturated heterocycles. The molecule has 0 heteroatoms. The molecule has 0 fully saturated rings. The number of rotatable bonds is 5. The first kappa shape index (κ1) is 10.7. The van der Waals surface area contributed by atoms with Crippen LogP contribution in [0.15, 0.2) is 11.6 Å². The fraction of sp³-hybridized carbons (Fsp3) is 0.818. The highest BCUT2D eigenvalue weighted by Crippen LogP contribution is 2.09. The lowest BCUT2D eigenvalue weighted by Gasteiger charge is -2.01. The topological polar surface area (TPSA) is 0 Å². The molecule has 0 rings (SSSR count). The van der Waals surface area contributed by atoms with Crippen molar-refractivity contribution >= 4 is 0 Å². The van der Waals surface area contributed by atoms with E-state index in [1.54, 1.807) is 5.57 Å². The highest BCUT2D eigenvalue weighted by Gasteiger charge is 1.91. The molecular weight excluding hydrogens is 132 g/mol. The Morgan fingerprint density at radius 2 is 2.00 bits per heavy atom. The van der Waals surface area contributed by atoms with Crippen molar-refractivity contribution in [3.05, 3.63) is 11.6 Å². The normalized spacial score (nSPS) is 12.6. The summed E-state index contributed by atoms with van der Waals surface area (Å²) < 4.78 is 0. The minimum atomic E-state index is 0.812. The average molecular weight is 154 g/mol. The van der Waals surface area contributed by atoms with E-state index >= 15 is 0 Å². The summed E-state index contributed by atoms with van der Waals surface area (Å²) >= 11 is 0. The van der Waals surface area contributed by atoms with Crippen LogP contribution in [-0.2, 0) is 0 Å². The third-order valence-electron chi connectivity index (χ3n) is 1.86. The molecule has 0 spiro atoms. The Morgan fingerprint density at radius 3 is 2.45 bits per heavy atom. The summed E-state index contributed by atoms with van der Waals surface area (Å²) in [6.45, 7) is 9.03. The van der Waals surface area contributed by atoms with Gasteiger partial charge in [-0.25, -0.2) is 0 Å². The molecule has 0 aliphatic heterocycles. The molecule has 0 aromatic rings. The second-order valence-corrected chi connectivity index (χ2v) is 3.78. The second kappa shape index (κ2) is 6.45. The van der Waals surface area contributed by atoms with Crippen molar-refractivity contribution in [2.24, 2.45) is 5.92 Å². The first-order chi connectivity index (χ1) is 5.16. The van der Waals surface area contributed by atoms with Crippen LogP contribution in [-0.4, -0.2) is 0 Å². The van der Waals surface area contributed by atoms with Gasteiger partial charge < -0.3 is 0 Å². The molecule has 0 aromatic carbocycles. The number of hydrogen-bond donors (Lipinski definition) is 0. The summed E-state index contributed by atoms with van der Waals surface area (Å²) in [7, 11) is 0. The van der Waals surface area contributed by atoms with E-state index in [4.69, 9.17) is 0 Å². The molecule has 0 aromatic heterocycles. The SMILES string of the molecule is CCCC/C(C)=C/CC(C)C. The Kier molecular flexibility index (Phi) is 6.30. The molecular formula is C11H22. The van der Waals surface area contributed by atoms with Crippen molar-refractivity contribution in [3.8, 4) is 0 Å². The average Bonchev–Trinajstić information content (AvgIpc) is 1.97. The maximum absolute atomic E-state index is 2.39. The molecule has 0 unspecified atom stereocenters. The van der Waals surface area contributed by atoms with Crippen LogP contribution in [0.4, 0.5) is 0 Å². The summed E-state index contributed by atoms with van der Waals surface area (Å²) in [5, 5.41) is 0. The van der Waals surface area contributed by atoms with Gasteiger partial charge in [-0.15, -0.1) is 0 Å².